The van der Waals surface area contributed by atoms with Crippen LogP contribution in [0.25, 0.3) is 11.1 Å². The van der Waals surface area contributed by atoms with Crippen LogP contribution in [-0.2, 0) is 0 Å². The maximum Gasteiger partial charge on any atom is 0.164 e. The monoisotopic (exact) mass is 269 g/mol. The lowest BCUT2D eigenvalue weighted by Crippen LogP contribution is -2.08. The Kier molecular flexibility index (Phi) is 4.08. The van der Waals surface area contributed by atoms with E-state index in [4.69, 9.17) is 4.74 Å². The first-order valence-electron chi connectivity index (χ1n) is 6.50. The van der Waals surface area contributed by atoms with Crippen molar-refractivity contribution in [2.24, 2.45) is 0 Å². The van der Waals surface area contributed by atoms with Gasteiger partial charge in [-0.25, -0.2) is 0 Å². The Labute approximate surface area is 119 Å². The summed E-state index contributed by atoms with van der Waals surface area (Å²) in [7, 11) is 5.59. The van der Waals surface area contributed by atoms with Crippen molar-refractivity contribution in [3.8, 4) is 16.9 Å². The molecule has 0 aliphatic rings. The standard InChI is InChI=1S/C17H19NO2/c1-12(19)17-15(6-5-7-16(17)20-4)13-8-10-14(11-9-13)18(2)3/h5-11H,1-4H3. The summed E-state index contributed by atoms with van der Waals surface area (Å²) in [4.78, 5) is 13.9. The van der Waals surface area contributed by atoms with Gasteiger partial charge in [0, 0.05) is 19.8 Å². The Bertz CT molecular complexity index is 615. The van der Waals surface area contributed by atoms with E-state index in [-0.39, 0.29) is 5.78 Å². The van der Waals surface area contributed by atoms with Gasteiger partial charge in [0.15, 0.2) is 5.78 Å². The van der Waals surface area contributed by atoms with Crippen LogP contribution < -0.4 is 9.64 Å². The van der Waals surface area contributed by atoms with E-state index >= 15 is 0 Å². The van der Waals surface area contributed by atoms with Crippen LogP contribution in [0.3, 0.4) is 0 Å². The van der Waals surface area contributed by atoms with Gasteiger partial charge in [0.1, 0.15) is 5.75 Å². The second kappa shape index (κ2) is 5.78. The first-order valence-corrected chi connectivity index (χ1v) is 6.50. The third-order valence-electron chi connectivity index (χ3n) is 3.29. The van der Waals surface area contributed by atoms with Gasteiger partial charge in [-0.05, 0) is 36.2 Å². The highest BCUT2D eigenvalue weighted by Crippen LogP contribution is 2.31. The number of ketones is 1. The quantitative estimate of drug-likeness (QED) is 0.794. The molecular formula is C17H19NO2. The van der Waals surface area contributed by atoms with Crippen LogP contribution in [-0.4, -0.2) is 27.0 Å². The minimum Gasteiger partial charge on any atom is -0.496 e. The molecular weight excluding hydrogens is 250 g/mol. The van der Waals surface area contributed by atoms with E-state index in [1.54, 1.807) is 14.0 Å². The Morgan fingerprint density at radius 2 is 1.70 bits per heavy atom. The lowest BCUT2D eigenvalue weighted by atomic mass is 9.96. The number of anilines is 1. The van der Waals surface area contributed by atoms with Crippen molar-refractivity contribution in [1.82, 2.24) is 0 Å². The summed E-state index contributed by atoms with van der Waals surface area (Å²) in [5.74, 6) is 0.626. The minimum absolute atomic E-state index is 0.00846. The molecule has 0 fully saturated rings. The number of ether oxygens (including phenoxy) is 1. The van der Waals surface area contributed by atoms with Crippen molar-refractivity contribution in [1.29, 1.82) is 0 Å². The van der Waals surface area contributed by atoms with Crippen LogP contribution in [0, 0.1) is 0 Å². The van der Waals surface area contributed by atoms with E-state index in [1.807, 2.05) is 61.5 Å². The summed E-state index contributed by atoms with van der Waals surface area (Å²) in [5, 5.41) is 0. The zero-order valence-electron chi connectivity index (χ0n) is 12.3. The van der Waals surface area contributed by atoms with Crippen LogP contribution in [0.4, 0.5) is 5.69 Å². The maximum absolute atomic E-state index is 11.9. The van der Waals surface area contributed by atoms with Gasteiger partial charge in [0.05, 0.1) is 12.7 Å². The molecule has 0 atom stereocenters. The van der Waals surface area contributed by atoms with Crippen molar-refractivity contribution in [3.05, 3.63) is 48.0 Å². The molecule has 2 aromatic rings. The first kappa shape index (κ1) is 14.1. The number of carbonyl (C=O) groups excluding carboxylic acids is 1. The second-order valence-corrected chi connectivity index (χ2v) is 4.88. The van der Waals surface area contributed by atoms with E-state index in [2.05, 4.69) is 0 Å². The number of methoxy groups -OCH3 is 1. The smallest absolute Gasteiger partial charge is 0.164 e. The minimum atomic E-state index is 0.00846. The van der Waals surface area contributed by atoms with E-state index < -0.39 is 0 Å². The Balaban J connectivity index is 2.54. The van der Waals surface area contributed by atoms with Crippen molar-refractivity contribution in [2.45, 2.75) is 6.92 Å². The van der Waals surface area contributed by atoms with Crippen LogP contribution in [0.2, 0.25) is 0 Å². The number of hydrogen-bond donors (Lipinski definition) is 0. The molecule has 20 heavy (non-hydrogen) atoms. The predicted octanol–water partition coefficient (Wildman–Crippen LogP) is 3.63. The SMILES string of the molecule is COc1cccc(-c2ccc(N(C)C)cc2)c1C(C)=O. The Morgan fingerprint density at radius 3 is 2.20 bits per heavy atom. The molecule has 0 spiro atoms. The van der Waals surface area contributed by atoms with Crippen LogP contribution >= 0.6 is 0 Å². The normalized spacial score (nSPS) is 10.2. The largest absolute Gasteiger partial charge is 0.496 e. The molecule has 3 heteroatoms. The molecule has 104 valence electrons. The fraction of sp³-hybridized carbons (Fsp3) is 0.235. The highest BCUT2D eigenvalue weighted by Gasteiger charge is 2.14. The van der Waals surface area contributed by atoms with Gasteiger partial charge in [-0.15, -0.1) is 0 Å². The molecule has 0 unspecified atom stereocenters. The summed E-state index contributed by atoms with van der Waals surface area (Å²) >= 11 is 0. The summed E-state index contributed by atoms with van der Waals surface area (Å²) in [6.45, 7) is 1.57. The third-order valence-corrected chi connectivity index (χ3v) is 3.29. The number of nitrogens with zero attached hydrogens (tertiary/aromatic N) is 1. The Morgan fingerprint density at radius 1 is 1.05 bits per heavy atom. The fourth-order valence-corrected chi connectivity index (χ4v) is 2.24. The van der Waals surface area contributed by atoms with Crippen molar-refractivity contribution < 1.29 is 9.53 Å². The molecule has 0 aromatic heterocycles. The summed E-state index contributed by atoms with van der Waals surface area (Å²) in [6, 6.07) is 13.8. The van der Waals surface area contributed by atoms with Gasteiger partial charge in [-0.1, -0.05) is 24.3 Å². The number of carbonyl (C=O) groups is 1. The summed E-state index contributed by atoms with van der Waals surface area (Å²) < 4.78 is 5.30. The summed E-state index contributed by atoms with van der Waals surface area (Å²) in [5.41, 5.74) is 3.68. The zero-order valence-corrected chi connectivity index (χ0v) is 12.3. The highest BCUT2D eigenvalue weighted by atomic mass is 16.5. The molecule has 2 aromatic carbocycles. The summed E-state index contributed by atoms with van der Waals surface area (Å²) in [6.07, 6.45) is 0. The van der Waals surface area contributed by atoms with E-state index in [0.29, 0.717) is 11.3 Å². The third kappa shape index (κ3) is 2.67. The van der Waals surface area contributed by atoms with Crippen LogP contribution in [0.1, 0.15) is 17.3 Å². The van der Waals surface area contributed by atoms with Crippen molar-refractivity contribution in [3.63, 3.8) is 0 Å². The molecule has 2 rings (SSSR count). The lowest BCUT2D eigenvalue weighted by molar-refractivity contribution is 0.101. The molecule has 0 aliphatic heterocycles. The predicted molar refractivity (Wildman–Crippen MR) is 82.8 cm³/mol. The highest BCUT2D eigenvalue weighted by molar-refractivity contribution is 6.03. The second-order valence-electron chi connectivity index (χ2n) is 4.88. The number of benzene rings is 2. The fourth-order valence-electron chi connectivity index (χ4n) is 2.24. The van der Waals surface area contributed by atoms with Crippen molar-refractivity contribution in [2.75, 3.05) is 26.1 Å². The van der Waals surface area contributed by atoms with Crippen LogP contribution in [0.5, 0.6) is 5.75 Å². The molecule has 0 N–H and O–H groups in total. The van der Waals surface area contributed by atoms with E-state index in [0.717, 1.165) is 16.8 Å². The maximum atomic E-state index is 11.9. The molecule has 0 saturated carbocycles. The van der Waals surface area contributed by atoms with Gasteiger partial charge < -0.3 is 9.64 Å². The number of rotatable bonds is 4. The van der Waals surface area contributed by atoms with E-state index in [1.165, 1.54) is 0 Å². The van der Waals surface area contributed by atoms with Crippen molar-refractivity contribution >= 4 is 11.5 Å². The average molecular weight is 269 g/mol. The van der Waals surface area contributed by atoms with Gasteiger partial charge >= 0.3 is 0 Å². The van der Waals surface area contributed by atoms with Crippen LogP contribution in [0.15, 0.2) is 42.5 Å². The molecule has 0 amide bonds. The van der Waals surface area contributed by atoms with Gasteiger partial charge in [0.2, 0.25) is 0 Å². The Hall–Kier alpha value is -2.29. The van der Waals surface area contributed by atoms with Gasteiger partial charge in [-0.3, -0.25) is 4.79 Å². The molecule has 0 radical (unpaired) electrons. The first-order chi connectivity index (χ1) is 9.54. The molecule has 0 bridgehead atoms. The van der Waals surface area contributed by atoms with Gasteiger partial charge in [0.25, 0.3) is 0 Å². The van der Waals surface area contributed by atoms with Gasteiger partial charge in [-0.2, -0.15) is 0 Å². The van der Waals surface area contributed by atoms with E-state index in [9.17, 15) is 4.79 Å². The molecule has 0 saturated heterocycles. The molecule has 0 aliphatic carbocycles. The lowest BCUT2D eigenvalue weighted by Gasteiger charge is -2.15. The molecule has 3 nitrogen and oxygen atoms in total. The molecule has 0 heterocycles. The zero-order chi connectivity index (χ0) is 14.7. The average Bonchev–Trinajstić information content (AvgIpc) is 2.46. The topological polar surface area (TPSA) is 29.5 Å². The number of hydrogen-bond acceptors (Lipinski definition) is 3. The number of Topliss-reactive ketones (excluding diaryl/α,β-unsaturated/α-hetero) is 1.